The maximum absolute atomic E-state index is 10.5. The molecule has 2 N–H and O–H groups in total. The van der Waals surface area contributed by atoms with Gasteiger partial charge in [0.25, 0.3) is 0 Å². The number of alkyl halides is 1. The summed E-state index contributed by atoms with van der Waals surface area (Å²) in [4.78, 5) is 16.0. The van der Waals surface area contributed by atoms with Gasteiger partial charge in [0, 0.05) is 43.6 Å². The van der Waals surface area contributed by atoms with E-state index in [2.05, 4.69) is 19.9 Å². The molecule has 12 nitrogen and oxygen atoms in total. The van der Waals surface area contributed by atoms with Crippen molar-refractivity contribution in [2.24, 2.45) is 0 Å². The molecule has 258 valence electrons. The maximum atomic E-state index is 10.5. The van der Waals surface area contributed by atoms with Gasteiger partial charge in [-0.05, 0) is 39.2 Å². The molecule has 0 unspecified atom stereocenters. The van der Waals surface area contributed by atoms with Gasteiger partial charge in [0.15, 0.2) is 0 Å². The molecule has 23 heteroatoms. The number of thiazole rings is 4. The van der Waals surface area contributed by atoms with Crippen LogP contribution in [0.25, 0.3) is 0 Å². The summed E-state index contributed by atoms with van der Waals surface area (Å²) in [5.41, 5.74) is 2.77. The minimum Gasteiger partial charge on any atom is -0.870 e. The quantitative estimate of drug-likeness (QED) is 0.113. The number of nitrogens with zero attached hydrogens (tertiary/aromatic N) is 4. The Labute approximate surface area is 346 Å². The molecule has 4 aromatic heterocycles. The Bertz CT molecular complexity index is 1500. The average molecular weight is 840 g/mol. The first kappa shape index (κ1) is 62.0. The van der Waals surface area contributed by atoms with Gasteiger partial charge in [-0.3, -0.25) is 0 Å². The standard InChI is InChI=1S/C5H6ClNO2S2.C5H6ClNS.2C5H6NO2S2.3CH4.2Na.2H2O/c1-4-7-5(2-10-4)3-11(6,8)9;1-4-7-5(2-6)3-8-4;2*1-4-6-5(2-9-4)3-10(7)8;;;;;;;/h2H,3H2,1H3;3H,2H2,1H3;2*2H,3H2,1H3;3*1H4;;;2*1H2/q;;2*-1;;;;2*+1;;/p-2. The molecule has 4 aromatic rings. The SMILES string of the molecule is C.C.C.Cc1nc(CCl)cs1.Cc1nc(CS(=O)(=O)Cl)cs1.Cc1nc(C[S-](=O)=O)cs1.Cc1nc(C[S-](=O)=O)cs1.[Na+].[Na+].[OH-].[OH-]. The second-order valence-electron chi connectivity index (χ2n) is 7.14. The third-order valence-electron chi connectivity index (χ3n) is 3.65. The minimum absolute atomic E-state index is 0. The molecule has 0 aliphatic heterocycles. The summed E-state index contributed by atoms with van der Waals surface area (Å²) in [6.45, 7) is 7.49. The van der Waals surface area contributed by atoms with Crippen molar-refractivity contribution in [1.82, 2.24) is 19.9 Å². The summed E-state index contributed by atoms with van der Waals surface area (Å²) in [7, 11) is -2.45. The molecule has 0 amide bonds. The Balaban J connectivity index is -0.0000000843. The first-order valence-corrected chi connectivity index (χ1v) is 19.4. The van der Waals surface area contributed by atoms with Crippen LogP contribution in [0.4, 0.5) is 0 Å². The fraction of sp³-hybridized carbons (Fsp3) is 0.478. The van der Waals surface area contributed by atoms with Crippen LogP contribution in [-0.2, 0) is 70.4 Å². The van der Waals surface area contributed by atoms with Gasteiger partial charge in [-0.2, -0.15) is 0 Å². The number of hydrogen-bond donors (Lipinski definition) is 0. The zero-order chi connectivity index (χ0) is 29.6. The smallest absolute Gasteiger partial charge is 0.870 e. The van der Waals surface area contributed by atoms with E-state index in [9.17, 15) is 25.3 Å². The Morgan fingerprint density at radius 1 is 0.609 bits per heavy atom. The van der Waals surface area contributed by atoms with Crippen molar-refractivity contribution in [3.8, 4) is 0 Å². The van der Waals surface area contributed by atoms with Gasteiger partial charge >= 0.3 is 59.1 Å². The van der Waals surface area contributed by atoms with E-state index in [4.69, 9.17) is 22.3 Å². The zero-order valence-corrected chi connectivity index (χ0v) is 35.1. The molecule has 0 fully saturated rings. The van der Waals surface area contributed by atoms with Gasteiger partial charge in [-0.25, -0.2) is 28.4 Å². The van der Waals surface area contributed by atoms with Crippen LogP contribution in [0.15, 0.2) is 21.5 Å². The molecule has 0 spiro atoms. The molecule has 46 heavy (non-hydrogen) atoms. The maximum Gasteiger partial charge on any atom is 1.00 e. The van der Waals surface area contributed by atoms with Crippen LogP contribution in [0, 0.1) is 27.7 Å². The fourth-order valence-corrected chi connectivity index (χ4v) is 6.92. The first-order chi connectivity index (χ1) is 18.2. The predicted molar refractivity (Wildman–Crippen MR) is 184 cm³/mol. The molecule has 0 saturated heterocycles. The Kier molecular flexibility index (Phi) is 44.6. The van der Waals surface area contributed by atoms with Crippen LogP contribution in [-0.4, -0.2) is 39.3 Å². The van der Waals surface area contributed by atoms with E-state index < -0.39 is 30.5 Å². The summed E-state index contributed by atoms with van der Waals surface area (Å²) >= 11 is 11.5. The third-order valence-corrected chi connectivity index (χ3v) is 9.25. The second kappa shape index (κ2) is 33.0. The van der Waals surface area contributed by atoms with Gasteiger partial charge in [-0.15, -0.1) is 56.9 Å². The number of rotatable bonds is 7. The van der Waals surface area contributed by atoms with Crippen molar-refractivity contribution in [1.29, 1.82) is 0 Å². The van der Waals surface area contributed by atoms with Crippen LogP contribution in [0.3, 0.4) is 0 Å². The van der Waals surface area contributed by atoms with Crippen molar-refractivity contribution in [2.45, 2.75) is 73.1 Å². The molecular weight excluding hydrogens is 802 g/mol. The number of halogens is 2. The molecule has 0 aromatic carbocycles. The molecule has 4 heterocycles. The van der Waals surface area contributed by atoms with E-state index >= 15 is 0 Å². The van der Waals surface area contributed by atoms with Gasteiger partial charge in [0.1, 0.15) is 5.75 Å². The van der Waals surface area contributed by atoms with Crippen LogP contribution < -0.4 is 59.1 Å². The van der Waals surface area contributed by atoms with Gasteiger partial charge in [0.05, 0.1) is 37.3 Å². The second-order valence-corrected chi connectivity index (χ2v) is 16.2. The molecule has 0 aliphatic rings. The average Bonchev–Trinajstić information content (AvgIpc) is 3.59. The Hall–Kier alpha value is 0.870. The predicted octanol–water partition coefficient (Wildman–Crippen LogP) is 1.79. The topological polar surface area (TPSA) is 214 Å². The molecule has 0 saturated carbocycles. The first-order valence-electron chi connectivity index (χ1n) is 10.4. The van der Waals surface area contributed by atoms with Crippen molar-refractivity contribution in [2.75, 3.05) is 0 Å². The van der Waals surface area contributed by atoms with Gasteiger partial charge < -0.3 is 27.8 Å². The molecule has 4 rings (SSSR count). The summed E-state index contributed by atoms with van der Waals surface area (Å²) in [5.74, 6) is 0.415. The van der Waals surface area contributed by atoms with Crippen molar-refractivity contribution >= 4 is 98.1 Å². The molecular formula is C23H38Cl2N4Na2O8S7-2. The van der Waals surface area contributed by atoms with Crippen LogP contribution in [0.2, 0.25) is 0 Å². The Morgan fingerprint density at radius 2 is 0.870 bits per heavy atom. The largest absolute Gasteiger partial charge is 1.00 e. The Morgan fingerprint density at radius 3 is 1.04 bits per heavy atom. The van der Waals surface area contributed by atoms with Crippen LogP contribution >= 0.6 is 67.6 Å². The summed E-state index contributed by atoms with van der Waals surface area (Å²) in [6.07, 6.45) is 0. The molecule has 0 atom stereocenters. The third kappa shape index (κ3) is 32.1. The van der Waals surface area contributed by atoms with Gasteiger partial charge in [0.2, 0.25) is 9.05 Å². The van der Waals surface area contributed by atoms with E-state index in [1.165, 1.54) is 34.0 Å². The summed E-state index contributed by atoms with van der Waals surface area (Å²) in [5, 5.41) is 10.9. The van der Waals surface area contributed by atoms with E-state index in [0.29, 0.717) is 23.0 Å². The van der Waals surface area contributed by atoms with E-state index in [1.807, 2.05) is 33.1 Å². The molecule has 0 radical (unpaired) electrons. The zero-order valence-electron chi connectivity index (χ0n) is 23.9. The van der Waals surface area contributed by atoms with Crippen LogP contribution in [0.5, 0.6) is 0 Å². The van der Waals surface area contributed by atoms with Gasteiger partial charge in [-0.1, -0.05) is 43.7 Å². The van der Waals surface area contributed by atoms with E-state index in [0.717, 1.165) is 25.7 Å². The minimum atomic E-state index is -3.45. The molecule has 0 bridgehead atoms. The summed E-state index contributed by atoms with van der Waals surface area (Å²) in [6, 6.07) is 0. The number of hydrogen-bond acceptors (Lipinski definition) is 18. The van der Waals surface area contributed by atoms with Crippen molar-refractivity contribution in [3.63, 3.8) is 0 Å². The summed E-state index contributed by atoms with van der Waals surface area (Å²) < 4.78 is 61.7. The number of aromatic nitrogens is 4. The van der Waals surface area contributed by atoms with Crippen molar-refractivity contribution in [3.05, 3.63) is 64.3 Å². The fourth-order valence-electron chi connectivity index (χ4n) is 2.31. The monoisotopic (exact) mass is 838 g/mol. The van der Waals surface area contributed by atoms with Crippen molar-refractivity contribution < 1.29 is 95.3 Å². The normalized spacial score (nSPS) is 9.13. The van der Waals surface area contributed by atoms with E-state index in [1.54, 1.807) is 27.5 Å². The molecule has 0 aliphatic carbocycles. The van der Waals surface area contributed by atoms with Crippen LogP contribution in [0.1, 0.15) is 65.1 Å². The number of aryl methyl sites for hydroxylation is 4. The van der Waals surface area contributed by atoms with E-state index in [-0.39, 0.29) is 110 Å².